The lowest BCUT2D eigenvalue weighted by Crippen LogP contribution is -2.57. The number of likely N-dealkylation sites (tertiary alicyclic amines) is 2. The minimum atomic E-state index is 0.107. The molecule has 120 valence electrons. The van der Waals surface area contributed by atoms with Gasteiger partial charge in [-0.25, -0.2) is 0 Å². The third-order valence-electron chi connectivity index (χ3n) is 4.93. The summed E-state index contributed by atoms with van der Waals surface area (Å²) < 4.78 is 5.64. The zero-order chi connectivity index (χ0) is 15.9. The van der Waals surface area contributed by atoms with Gasteiger partial charge in [-0.2, -0.15) is 0 Å². The first kappa shape index (κ1) is 14.5. The number of furan rings is 1. The van der Waals surface area contributed by atoms with E-state index < -0.39 is 0 Å². The predicted molar refractivity (Wildman–Crippen MR) is 85.9 cm³/mol. The molecule has 0 atom stereocenters. The molecule has 0 N–H and O–H groups in total. The fraction of sp³-hybridized carbons (Fsp3) is 0.444. The van der Waals surface area contributed by atoms with Crippen LogP contribution in [-0.2, 0) is 6.54 Å². The van der Waals surface area contributed by atoms with E-state index in [1.165, 1.54) is 0 Å². The molecule has 2 fully saturated rings. The number of pyridine rings is 1. The Balaban J connectivity index is 1.34. The van der Waals surface area contributed by atoms with E-state index in [1.54, 1.807) is 12.4 Å². The van der Waals surface area contributed by atoms with Crippen molar-refractivity contribution in [2.45, 2.75) is 19.9 Å². The van der Waals surface area contributed by atoms with Gasteiger partial charge in [0.15, 0.2) is 0 Å². The minimum absolute atomic E-state index is 0.107. The van der Waals surface area contributed by atoms with E-state index in [4.69, 9.17) is 4.42 Å². The Labute approximate surface area is 135 Å². The molecule has 2 aliphatic heterocycles. The van der Waals surface area contributed by atoms with Crippen LogP contribution in [0.15, 0.2) is 41.1 Å². The maximum atomic E-state index is 12.5. The van der Waals surface area contributed by atoms with E-state index in [-0.39, 0.29) is 11.3 Å². The Morgan fingerprint density at radius 1 is 1.30 bits per heavy atom. The van der Waals surface area contributed by atoms with Crippen LogP contribution in [0.25, 0.3) is 0 Å². The van der Waals surface area contributed by atoms with Crippen molar-refractivity contribution in [2.75, 3.05) is 26.2 Å². The van der Waals surface area contributed by atoms with Crippen molar-refractivity contribution in [3.05, 3.63) is 53.7 Å². The first-order chi connectivity index (χ1) is 11.1. The average molecular weight is 311 g/mol. The summed E-state index contributed by atoms with van der Waals surface area (Å²) in [6.07, 6.45) is 4.44. The van der Waals surface area contributed by atoms with Crippen molar-refractivity contribution in [3.8, 4) is 0 Å². The Morgan fingerprint density at radius 2 is 2.17 bits per heavy atom. The smallest absolute Gasteiger partial charge is 0.255 e. The average Bonchev–Trinajstić information content (AvgIpc) is 3.14. The van der Waals surface area contributed by atoms with Gasteiger partial charge in [0.05, 0.1) is 12.1 Å². The van der Waals surface area contributed by atoms with E-state index >= 15 is 0 Å². The fourth-order valence-corrected chi connectivity index (χ4v) is 3.84. The lowest BCUT2D eigenvalue weighted by Gasteiger charge is -2.47. The van der Waals surface area contributed by atoms with Gasteiger partial charge in [0.25, 0.3) is 5.91 Å². The van der Waals surface area contributed by atoms with E-state index in [2.05, 4.69) is 9.88 Å². The van der Waals surface area contributed by atoms with E-state index in [9.17, 15) is 4.79 Å². The summed E-state index contributed by atoms with van der Waals surface area (Å²) in [5.41, 5.74) is 0.964. The highest BCUT2D eigenvalue weighted by molar-refractivity contribution is 5.94. The van der Waals surface area contributed by atoms with Crippen LogP contribution in [0, 0.1) is 12.3 Å². The lowest BCUT2D eigenvalue weighted by molar-refractivity contribution is -0.00172. The van der Waals surface area contributed by atoms with Gasteiger partial charge in [-0.15, -0.1) is 0 Å². The normalized spacial score (nSPS) is 20.0. The van der Waals surface area contributed by atoms with Gasteiger partial charge < -0.3 is 9.32 Å². The third kappa shape index (κ3) is 2.77. The van der Waals surface area contributed by atoms with Crippen molar-refractivity contribution < 1.29 is 9.21 Å². The number of rotatable bonds is 3. The third-order valence-corrected chi connectivity index (χ3v) is 4.93. The van der Waals surface area contributed by atoms with E-state index in [1.807, 2.05) is 36.1 Å². The number of aryl methyl sites for hydroxylation is 1. The molecule has 0 radical (unpaired) electrons. The molecule has 2 aromatic rings. The van der Waals surface area contributed by atoms with Gasteiger partial charge in [-0.05, 0) is 37.6 Å². The van der Waals surface area contributed by atoms with Gasteiger partial charge in [-0.3, -0.25) is 14.7 Å². The van der Waals surface area contributed by atoms with Crippen molar-refractivity contribution in [2.24, 2.45) is 5.41 Å². The molecule has 2 aliphatic rings. The second-order valence-electron chi connectivity index (χ2n) is 6.88. The number of amides is 1. The predicted octanol–water partition coefficient (Wildman–Crippen LogP) is 2.33. The summed E-state index contributed by atoms with van der Waals surface area (Å²) >= 11 is 0. The Bertz CT molecular complexity index is 704. The Morgan fingerprint density at radius 3 is 2.87 bits per heavy atom. The molecule has 2 saturated heterocycles. The first-order valence-electron chi connectivity index (χ1n) is 8.11. The largest absolute Gasteiger partial charge is 0.465 e. The SMILES string of the molecule is Cc1ccc(CN2CC3(CCN(C(=O)c4cccnc4)C3)C2)o1. The number of aromatic nitrogens is 1. The van der Waals surface area contributed by atoms with Crippen LogP contribution >= 0.6 is 0 Å². The van der Waals surface area contributed by atoms with E-state index in [0.717, 1.165) is 50.7 Å². The standard InChI is InChI=1S/C18H21N3O2/c1-14-4-5-16(23-14)10-20-11-18(12-20)6-8-21(13-18)17(22)15-3-2-7-19-9-15/h2-5,7,9H,6,8,10-13H2,1H3. The summed E-state index contributed by atoms with van der Waals surface area (Å²) in [5.74, 6) is 2.10. The molecule has 1 amide bonds. The van der Waals surface area contributed by atoms with Crippen LogP contribution in [-0.4, -0.2) is 46.9 Å². The summed E-state index contributed by atoms with van der Waals surface area (Å²) in [7, 11) is 0. The van der Waals surface area contributed by atoms with Gasteiger partial charge in [0, 0.05) is 44.0 Å². The molecule has 5 heteroatoms. The summed E-state index contributed by atoms with van der Waals surface area (Å²) in [4.78, 5) is 20.9. The molecule has 5 nitrogen and oxygen atoms in total. The van der Waals surface area contributed by atoms with Gasteiger partial charge in [0.2, 0.25) is 0 Å². The Kier molecular flexibility index (Phi) is 3.45. The van der Waals surface area contributed by atoms with Crippen LogP contribution < -0.4 is 0 Å². The topological polar surface area (TPSA) is 49.6 Å². The van der Waals surface area contributed by atoms with Gasteiger partial charge in [0.1, 0.15) is 11.5 Å². The fourth-order valence-electron chi connectivity index (χ4n) is 3.84. The van der Waals surface area contributed by atoms with Gasteiger partial charge in [-0.1, -0.05) is 0 Å². The molecule has 0 bridgehead atoms. The highest BCUT2D eigenvalue weighted by Crippen LogP contribution is 2.40. The molecule has 0 aromatic carbocycles. The molecule has 1 spiro atoms. The highest BCUT2D eigenvalue weighted by atomic mass is 16.3. The second-order valence-corrected chi connectivity index (χ2v) is 6.88. The van der Waals surface area contributed by atoms with Crippen LogP contribution in [0.5, 0.6) is 0 Å². The van der Waals surface area contributed by atoms with Crippen LogP contribution in [0.1, 0.15) is 28.3 Å². The molecule has 4 rings (SSSR count). The monoisotopic (exact) mass is 311 g/mol. The maximum Gasteiger partial charge on any atom is 0.255 e. The summed E-state index contributed by atoms with van der Waals surface area (Å²) in [5, 5.41) is 0. The van der Waals surface area contributed by atoms with Crippen LogP contribution in [0.3, 0.4) is 0 Å². The number of hydrogen-bond donors (Lipinski definition) is 0. The number of nitrogens with zero attached hydrogens (tertiary/aromatic N) is 3. The molecule has 23 heavy (non-hydrogen) atoms. The zero-order valence-corrected chi connectivity index (χ0v) is 13.4. The van der Waals surface area contributed by atoms with Crippen molar-refractivity contribution in [1.29, 1.82) is 0 Å². The van der Waals surface area contributed by atoms with Crippen LogP contribution in [0.2, 0.25) is 0 Å². The molecule has 4 heterocycles. The number of carbonyl (C=O) groups is 1. The maximum absolute atomic E-state index is 12.5. The molecular weight excluding hydrogens is 290 g/mol. The Hall–Kier alpha value is -2.14. The van der Waals surface area contributed by atoms with Crippen molar-refractivity contribution in [1.82, 2.24) is 14.8 Å². The number of hydrogen-bond acceptors (Lipinski definition) is 4. The molecular formula is C18H21N3O2. The quantitative estimate of drug-likeness (QED) is 0.873. The van der Waals surface area contributed by atoms with Gasteiger partial charge >= 0.3 is 0 Å². The van der Waals surface area contributed by atoms with Crippen LogP contribution in [0.4, 0.5) is 0 Å². The number of carbonyl (C=O) groups excluding carboxylic acids is 1. The molecule has 0 saturated carbocycles. The molecule has 2 aromatic heterocycles. The molecule has 0 unspecified atom stereocenters. The van der Waals surface area contributed by atoms with Crippen molar-refractivity contribution >= 4 is 5.91 Å². The summed E-state index contributed by atoms with van der Waals surface area (Å²) in [6.45, 7) is 6.63. The minimum Gasteiger partial charge on any atom is -0.465 e. The van der Waals surface area contributed by atoms with Crippen molar-refractivity contribution in [3.63, 3.8) is 0 Å². The highest BCUT2D eigenvalue weighted by Gasteiger charge is 2.48. The lowest BCUT2D eigenvalue weighted by atomic mass is 9.79. The first-order valence-corrected chi connectivity index (χ1v) is 8.11. The second kappa shape index (κ2) is 5.49. The summed E-state index contributed by atoms with van der Waals surface area (Å²) in [6, 6.07) is 7.71. The van der Waals surface area contributed by atoms with E-state index in [0.29, 0.717) is 5.56 Å². The molecule has 0 aliphatic carbocycles. The zero-order valence-electron chi connectivity index (χ0n) is 13.4.